The summed E-state index contributed by atoms with van der Waals surface area (Å²) in [5, 5.41) is 2.24. The van der Waals surface area contributed by atoms with E-state index in [9.17, 15) is 0 Å². The average Bonchev–Trinajstić information content (AvgIpc) is 2.26. The molecule has 0 atom stereocenters. The summed E-state index contributed by atoms with van der Waals surface area (Å²) in [5.74, 6) is 0. The summed E-state index contributed by atoms with van der Waals surface area (Å²) in [4.78, 5) is 4.55. The molecule has 1 heterocycles. The molecule has 0 aliphatic heterocycles. The number of pyridine rings is 1. The molecule has 0 bridgehead atoms. The lowest BCUT2D eigenvalue weighted by Crippen LogP contribution is -1.80. The van der Waals surface area contributed by atoms with E-state index in [0.717, 1.165) is 16.4 Å². The third kappa shape index (κ3) is 1.06. The average molecular weight is 178 g/mol. The first-order chi connectivity index (χ1) is 6.93. The Kier molecular flexibility index (Phi) is 1.51. The van der Waals surface area contributed by atoms with Crippen LogP contribution in [-0.4, -0.2) is 4.98 Å². The smallest absolute Gasteiger partial charge is 0.0715 e. The highest BCUT2D eigenvalue weighted by atomic mass is 14.7. The molecule has 0 saturated carbocycles. The minimum atomic E-state index is 1.01. The van der Waals surface area contributed by atoms with Gasteiger partial charge in [0.05, 0.1) is 11.0 Å². The molecule has 3 rings (SSSR count). The molecule has 65 valence electrons. The predicted molar refractivity (Wildman–Crippen MR) is 58.1 cm³/mol. The molecule has 2 aromatic carbocycles. The van der Waals surface area contributed by atoms with Crippen molar-refractivity contribution in [3.05, 3.63) is 54.6 Å². The molecule has 0 aliphatic rings. The van der Waals surface area contributed by atoms with E-state index in [4.69, 9.17) is 0 Å². The van der Waals surface area contributed by atoms with Crippen LogP contribution in [0.15, 0.2) is 48.5 Å². The van der Waals surface area contributed by atoms with E-state index in [2.05, 4.69) is 23.2 Å². The van der Waals surface area contributed by atoms with Crippen LogP contribution in [-0.2, 0) is 0 Å². The largest absolute Gasteiger partial charge is 0.248 e. The van der Waals surface area contributed by atoms with E-state index in [1.807, 2.05) is 36.4 Å². The second kappa shape index (κ2) is 2.81. The molecular weight excluding hydrogens is 170 g/mol. The van der Waals surface area contributed by atoms with Gasteiger partial charge in [-0.3, -0.25) is 0 Å². The van der Waals surface area contributed by atoms with Crippen LogP contribution in [0.25, 0.3) is 21.8 Å². The van der Waals surface area contributed by atoms with Gasteiger partial charge in [-0.1, -0.05) is 30.3 Å². The number of fused-ring (bicyclic) bond motifs is 2. The zero-order chi connectivity index (χ0) is 9.38. The van der Waals surface area contributed by atoms with Gasteiger partial charge < -0.3 is 0 Å². The van der Waals surface area contributed by atoms with Gasteiger partial charge in [0, 0.05) is 10.8 Å². The standard InChI is InChI=1S/C13H8N/c1-3-7-12-10(5-1)9-11-6-2-4-8-13(11)14-12/h1-5,7-9H. The molecule has 0 aliphatic carbocycles. The van der Waals surface area contributed by atoms with Crippen LogP contribution in [0.3, 0.4) is 0 Å². The van der Waals surface area contributed by atoms with Crippen molar-refractivity contribution in [2.75, 3.05) is 0 Å². The van der Waals surface area contributed by atoms with Crippen LogP contribution in [0.2, 0.25) is 0 Å². The van der Waals surface area contributed by atoms with E-state index >= 15 is 0 Å². The molecule has 14 heavy (non-hydrogen) atoms. The van der Waals surface area contributed by atoms with Gasteiger partial charge in [-0.2, -0.15) is 0 Å². The fourth-order valence-corrected chi connectivity index (χ4v) is 1.65. The predicted octanol–water partition coefficient (Wildman–Crippen LogP) is 3.19. The maximum Gasteiger partial charge on any atom is 0.0715 e. The Balaban J connectivity index is 2.52. The number of rotatable bonds is 0. The Morgan fingerprint density at radius 3 is 2.79 bits per heavy atom. The first kappa shape index (κ1) is 7.51. The third-order valence-corrected chi connectivity index (χ3v) is 2.34. The van der Waals surface area contributed by atoms with Crippen molar-refractivity contribution < 1.29 is 0 Å². The Morgan fingerprint density at radius 2 is 1.79 bits per heavy atom. The zero-order valence-corrected chi connectivity index (χ0v) is 7.57. The van der Waals surface area contributed by atoms with Crippen LogP contribution in [0.1, 0.15) is 0 Å². The minimum Gasteiger partial charge on any atom is -0.248 e. The number of hydrogen-bond acceptors (Lipinski definition) is 1. The van der Waals surface area contributed by atoms with Crippen LogP contribution < -0.4 is 0 Å². The molecule has 3 aromatic rings. The molecule has 0 amide bonds. The topological polar surface area (TPSA) is 12.9 Å². The highest BCUT2D eigenvalue weighted by Crippen LogP contribution is 2.18. The molecule has 0 N–H and O–H groups in total. The van der Waals surface area contributed by atoms with Crippen molar-refractivity contribution in [3.8, 4) is 0 Å². The Hall–Kier alpha value is -1.89. The summed E-state index contributed by atoms with van der Waals surface area (Å²) in [6.45, 7) is 0. The maximum atomic E-state index is 4.55. The van der Waals surface area contributed by atoms with Gasteiger partial charge in [0.25, 0.3) is 0 Å². The van der Waals surface area contributed by atoms with Gasteiger partial charge in [-0.25, -0.2) is 4.98 Å². The summed E-state index contributed by atoms with van der Waals surface area (Å²) in [6.07, 6.45) is 0. The number of aromatic nitrogens is 1. The summed E-state index contributed by atoms with van der Waals surface area (Å²) in [5.41, 5.74) is 2.05. The number of para-hydroxylation sites is 1. The molecule has 1 aromatic heterocycles. The Bertz CT molecular complexity index is 494. The molecule has 0 fully saturated rings. The molecule has 1 radical (unpaired) electrons. The lowest BCUT2D eigenvalue weighted by Gasteiger charge is -1.99. The van der Waals surface area contributed by atoms with Crippen molar-refractivity contribution in [1.82, 2.24) is 4.98 Å². The van der Waals surface area contributed by atoms with Crippen molar-refractivity contribution >= 4 is 21.8 Å². The van der Waals surface area contributed by atoms with Crippen molar-refractivity contribution in [1.29, 1.82) is 0 Å². The number of benzene rings is 2. The van der Waals surface area contributed by atoms with Crippen LogP contribution in [0, 0.1) is 6.07 Å². The Morgan fingerprint density at radius 1 is 0.929 bits per heavy atom. The molecular formula is C13H8N. The Labute approximate surface area is 82.0 Å². The van der Waals surface area contributed by atoms with Crippen LogP contribution in [0.4, 0.5) is 0 Å². The maximum absolute atomic E-state index is 4.55. The SMILES string of the molecule is [c]1cccc2nc3ccccc3cc12. The number of nitrogens with zero attached hydrogens (tertiary/aromatic N) is 1. The fourth-order valence-electron chi connectivity index (χ4n) is 1.65. The monoisotopic (exact) mass is 178 g/mol. The molecule has 0 spiro atoms. The second-order valence-corrected chi connectivity index (χ2v) is 3.28. The summed E-state index contributed by atoms with van der Waals surface area (Å²) in [7, 11) is 0. The quantitative estimate of drug-likeness (QED) is 0.482. The van der Waals surface area contributed by atoms with Gasteiger partial charge >= 0.3 is 0 Å². The van der Waals surface area contributed by atoms with Crippen LogP contribution in [0.5, 0.6) is 0 Å². The van der Waals surface area contributed by atoms with Gasteiger partial charge in [0.15, 0.2) is 0 Å². The van der Waals surface area contributed by atoms with E-state index in [-0.39, 0.29) is 0 Å². The molecule has 1 nitrogen and oxygen atoms in total. The van der Waals surface area contributed by atoms with Crippen LogP contribution >= 0.6 is 0 Å². The highest BCUT2D eigenvalue weighted by Gasteiger charge is 1.96. The molecule has 0 saturated heterocycles. The van der Waals surface area contributed by atoms with Gasteiger partial charge in [0.1, 0.15) is 0 Å². The summed E-state index contributed by atoms with van der Waals surface area (Å²) in [6, 6.07) is 19.3. The second-order valence-electron chi connectivity index (χ2n) is 3.28. The summed E-state index contributed by atoms with van der Waals surface area (Å²) < 4.78 is 0. The summed E-state index contributed by atoms with van der Waals surface area (Å²) >= 11 is 0. The van der Waals surface area contributed by atoms with Gasteiger partial charge in [-0.15, -0.1) is 0 Å². The zero-order valence-electron chi connectivity index (χ0n) is 7.57. The fraction of sp³-hybridized carbons (Fsp3) is 0. The van der Waals surface area contributed by atoms with Crippen molar-refractivity contribution in [2.24, 2.45) is 0 Å². The van der Waals surface area contributed by atoms with E-state index in [1.165, 1.54) is 5.39 Å². The lowest BCUT2D eigenvalue weighted by atomic mass is 10.1. The van der Waals surface area contributed by atoms with Gasteiger partial charge in [-0.05, 0) is 24.3 Å². The van der Waals surface area contributed by atoms with Crippen molar-refractivity contribution in [2.45, 2.75) is 0 Å². The lowest BCUT2D eigenvalue weighted by molar-refractivity contribution is 1.50. The minimum absolute atomic E-state index is 1.01. The van der Waals surface area contributed by atoms with Crippen molar-refractivity contribution in [3.63, 3.8) is 0 Å². The molecule has 0 unspecified atom stereocenters. The number of hydrogen-bond donors (Lipinski definition) is 0. The highest BCUT2D eigenvalue weighted by molar-refractivity contribution is 5.92. The normalized spacial score (nSPS) is 10.9. The third-order valence-electron chi connectivity index (χ3n) is 2.34. The molecule has 1 heteroatoms. The van der Waals surface area contributed by atoms with E-state index in [0.29, 0.717) is 0 Å². The van der Waals surface area contributed by atoms with Gasteiger partial charge in [0.2, 0.25) is 0 Å². The van der Waals surface area contributed by atoms with E-state index < -0.39 is 0 Å². The first-order valence-corrected chi connectivity index (χ1v) is 4.60. The first-order valence-electron chi connectivity index (χ1n) is 4.60. The van der Waals surface area contributed by atoms with E-state index in [1.54, 1.807) is 0 Å².